The van der Waals surface area contributed by atoms with Crippen LogP contribution in [0.4, 0.5) is 0 Å². The number of hydrogen-bond acceptors (Lipinski definition) is 4. The zero-order valence-corrected chi connectivity index (χ0v) is 12.1. The van der Waals surface area contributed by atoms with Crippen molar-refractivity contribution >= 4 is 21.4 Å². The fourth-order valence-electron chi connectivity index (χ4n) is 1.43. The molecule has 4 nitrogen and oxygen atoms in total. The first-order valence-corrected chi connectivity index (χ1v) is 7.94. The summed E-state index contributed by atoms with van der Waals surface area (Å²) >= 11 is 5.88. The summed E-state index contributed by atoms with van der Waals surface area (Å²) in [6, 6.07) is 4.91. The van der Waals surface area contributed by atoms with Crippen LogP contribution in [0.3, 0.4) is 0 Å². The van der Waals surface area contributed by atoms with Gasteiger partial charge < -0.3 is 10.5 Å². The third-order valence-electron chi connectivity index (χ3n) is 2.55. The SMILES string of the molecule is CCS(=O)(=O)CCOc1ccc(Cl)cc1[C@@H](C)N. The summed E-state index contributed by atoms with van der Waals surface area (Å²) < 4.78 is 28.1. The summed E-state index contributed by atoms with van der Waals surface area (Å²) in [5.41, 5.74) is 6.58. The third kappa shape index (κ3) is 4.48. The van der Waals surface area contributed by atoms with Crippen molar-refractivity contribution in [3.8, 4) is 5.75 Å². The first-order chi connectivity index (χ1) is 8.35. The van der Waals surface area contributed by atoms with Crippen LogP contribution in [0.25, 0.3) is 0 Å². The van der Waals surface area contributed by atoms with Gasteiger partial charge >= 0.3 is 0 Å². The van der Waals surface area contributed by atoms with Crippen molar-refractivity contribution in [3.05, 3.63) is 28.8 Å². The highest BCUT2D eigenvalue weighted by atomic mass is 35.5. The lowest BCUT2D eigenvalue weighted by Crippen LogP contribution is -2.17. The van der Waals surface area contributed by atoms with Crippen molar-refractivity contribution in [3.63, 3.8) is 0 Å². The molecule has 2 N–H and O–H groups in total. The zero-order chi connectivity index (χ0) is 13.8. The number of ether oxygens (including phenoxy) is 1. The molecule has 0 aliphatic carbocycles. The molecule has 1 atom stereocenters. The predicted octanol–water partition coefficient (Wildman–Crippen LogP) is 2.17. The average Bonchev–Trinajstić information content (AvgIpc) is 2.30. The number of sulfone groups is 1. The Labute approximate surface area is 113 Å². The molecular weight excluding hydrogens is 274 g/mol. The van der Waals surface area contributed by atoms with E-state index in [4.69, 9.17) is 22.1 Å². The lowest BCUT2D eigenvalue weighted by molar-refractivity contribution is 0.335. The smallest absolute Gasteiger partial charge is 0.153 e. The Morgan fingerprint density at radius 1 is 1.44 bits per heavy atom. The second kappa shape index (κ2) is 6.41. The van der Waals surface area contributed by atoms with Crippen LogP contribution >= 0.6 is 11.6 Å². The molecule has 102 valence electrons. The first-order valence-electron chi connectivity index (χ1n) is 5.74. The maximum absolute atomic E-state index is 11.3. The Morgan fingerprint density at radius 2 is 2.11 bits per heavy atom. The van der Waals surface area contributed by atoms with E-state index in [9.17, 15) is 8.42 Å². The fraction of sp³-hybridized carbons (Fsp3) is 0.500. The molecule has 0 saturated heterocycles. The van der Waals surface area contributed by atoms with Crippen LogP contribution in [-0.2, 0) is 9.84 Å². The minimum Gasteiger partial charge on any atom is -0.492 e. The lowest BCUT2D eigenvalue weighted by Gasteiger charge is -2.14. The van der Waals surface area contributed by atoms with Gasteiger partial charge in [-0.3, -0.25) is 0 Å². The molecule has 0 heterocycles. The molecule has 0 amide bonds. The molecule has 0 saturated carbocycles. The standard InChI is InChI=1S/C12H18ClNO3S/c1-3-18(15,16)7-6-17-12-5-4-10(13)8-11(12)9(2)14/h4-5,8-9H,3,6-7,14H2,1-2H3/t9-/m1/s1. The van der Waals surface area contributed by atoms with Crippen molar-refractivity contribution in [1.82, 2.24) is 0 Å². The maximum atomic E-state index is 11.3. The van der Waals surface area contributed by atoms with Gasteiger partial charge in [0.05, 0.1) is 5.75 Å². The highest BCUT2D eigenvalue weighted by Gasteiger charge is 2.11. The Morgan fingerprint density at radius 3 is 2.67 bits per heavy atom. The maximum Gasteiger partial charge on any atom is 0.153 e. The molecule has 18 heavy (non-hydrogen) atoms. The highest BCUT2D eigenvalue weighted by Crippen LogP contribution is 2.27. The molecule has 0 unspecified atom stereocenters. The van der Waals surface area contributed by atoms with Gasteiger partial charge in [0.1, 0.15) is 12.4 Å². The fourth-order valence-corrected chi connectivity index (χ4v) is 2.24. The molecular formula is C12H18ClNO3S. The van der Waals surface area contributed by atoms with Gasteiger partial charge in [-0.15, -0.1) is 0 Å². The Balaban J connectivity index is 2.73. The quantitative estimate of drug-likeness (QED) is 0.872. The number of halogens is 1. The Kier molecular flexibility index (Phi) is 5.44. The van der Waals surface area contributed by atoms with Crippen LogP contribution in [0.5, 0.6) is 5.75 Å². The van der Waals surface area contributed by atoms with Crippen molar-refractivity contribution in [1.29, 1.82) is 0 Å². The molecule has 1 rings (SSSR count). The van der Waals surface area contributed by atoms with Gasteiger partial charge in [0.2, 0.25) is 0 Å². The Bertz CT molecular complexity index is 500. The van der Waals surface area contributed by atoms with E-state index < -0.39 is 9.84 Å². The van der Waals surface area contributed by atoms with Gasteiger partial charge in [0.15, 0.2) is 9.84 Å². The van der Waals surface area contributed by atoms with Crippen LogP contribution in [0.1, 0.15) is 25.5 Å². The summed E-state index contributed by atoms with van der Waals surface area (Å²) in [4.78, 5) is 0. The van der Waals surface area contributed by atoms with Gasteiger partial charge in [-0.1, -0.05) is 18.5 Å². The van der Waals surface area contributed by atoms with Crippen LogP contribution in [0, 0.1) is 0 Å². The summed E-state index contributed by atoms with van der Waals surface area (Å²) in [7, 11) is -3.01. The number of benzene rings is 1. The monoisotopic (exact) mass is 291 g/mol. The summed E-state index contributed by atoms with van der Waals surface area (Å²) in [6.45, 7) is 3.56. The second-order valence-corrected chi connectivity index (χ2v) is 6.96. The van der Waals surface area contributed by atoms with Gasteiger partial charge in [-0.25, -0.2) is 8.42 Å². The van der Waals surface area contributed by atoms with E-state index in [-0.39, 0.29) is 24.2 Å². The first kappa shape index (κ1) is 15.3. The summed E-state index contributed by atoms with van der Waals surface area (Å²) in [5.74, 6) is 0.711. The van der Waals surface area contributed by atoms with E-state index in [0.717, 1.165) is 5.56 Å². The van der Waals surface area contributed by atoms with Crippen LogP contribution in [0.2, 0.25) is 5.02 Å². The third-order valence-corrected chi connectivity index (χ3v) is 4.46. The average molecular weight is 292 g/mol. The van der Waals surface area contributed by atoms with E-state index in [2.05, 4.69) is 0 Å². The topological polar surface area (TPSA) is 69.4 Å². The van der Waals surface area contributed by atoms with Gasteiger partial charge in [-0.2, -0.15) is 0 Å². The second-order valence-electron chi connectivity index (χ2n) is 4.06. The van der Waals surface area contributed by atoms with Crippen LogP contribution in [-0.4, -0.2) is 26.5 Å². The van der Waals surface area contributed by atoms with E-state index in [1.54, 1.807) is 25.1 Å². The van der Waals surface area contributed by atoms with Gasteiger partial charge in [0, 0.05) is 22.4 Å². The van der Waals surface area contributed by atoms with E-state index >= 15 is 0 Å². The van der Waals surface area contributed by atoms with Crippen molar-refractivity contribution in [2.45, 2.75) is 19.9 Å². The lowest BCUT2D eigenvalue weighted by atomic mass is 10.1. The van der Waals surface area contributed by atoms with Crippen molar-refractivity contribution < 1.29 is 13.2 Å². The molecule has 6 heteroatoms. The molecule has 1 aromatic carbocycles. The summed E-state index contributed by atoms with van der Waals surface area (Å²) in [5, 5.41) is 0.579. The summed E-state index contributed by atoms with van der Waals surface area (Å²) in [6.07, 6.45) is 0. The molecule has 0 bridgehead atoms. The minimum atomic E-state index is -3.01. The zero-order valence-electron chi connectivity index (χ0n) is 10.5. The van der Waals surface area contributed by atoms with Crippen LogP contribution < -0.4 is 10.5 Å². The molecule has 0 aliphatic rings. The largest absolute Gasteiger partial charge is 0.492 e. The molecule has 0 spiro atoms. The Hall–Kier alpha value is -0.780. The van der Waals surface area contributed by atoms with Crippen LogP contribution in [0.15, 0.2) is 18.2 Å². The molecule has 0 radical (unpaired) electrons. The normalized spacial score (nSPS) is 13.3. The van der Waals surface area contributed by atoms with E-state index in [1.807, 2.05) is 6.92 Å². The van der Waals surface area contributed by atoms with E-state index in [1.165, 1.54) is 0 Å². The molecule has 0 aromatic heterocycles. The molecule has 1 aromatic rings. The van der Waals surface area contributed by atoms with Gasteiger partial charge in [-0.05, 0) is 25.1 Å². The molecule has 0 aliphatic heterocycles. The van der Waals surface area contributed by atoms with Crippen molar-refractivity contribution in [2.75, 3.05) is 18.1 Å². The minimum absolute atomic E-state index is 0.00448. The van der Waals surface area contributed by atoms with Gasteiger partial charge in [0.25, 0.3) is 0 Å². The number of nitrogens with two attached hydrogens (primary N) is 1. The molecule has 0 fully saturated rings. The predicted molar refractivity (Wildman–Crippen MR) is 73.9 cm³/mol. The van der Waals surface area contributed by atoms with E-state index in [0.29, 0.717) is 10.8 Å². The number of rotatable bonds is 6. The van der Waals surface area contributed by atoms with Crippen molar-refractivity contribution in [2.24, 2.45) is 5.73 Å². The highest BCUT2D eigenvalue weighted by molar-refractivity contribution is 7.91. The number of hydrogen-bond donors (Lipinski definition) is 1.